The predicted octanol–water partition coefficient (Wildman–Crippen LogP) is 2.76. The summed E-state index contributed by atoms with van der Waals surface area (Å²) >= 11 is 0. The number of rotatable bonds is 2. The summed E-state index contributed by atoms with van der Waals surface area (Å²) in [4.78, 5) is 15.6. The van der Waals surface area contributed by atoms with Gasteiger partial charge in [-0.1, -0.05) is 6.07 Å². The van der Waals surface area contributed by atoms with Crippen molar-refractivity contribution in [1.82, 2.24) is 0 Å². The van der Waals surface area contributed by atoms with Gasteiger partial charge >= 0.3 is 0 Å². The van der Waals surface area contributed by atoms with E-state index in [-0.39, 0.29) is 5.91 Å². The number of amidine groups is 1. The van der Waals surface area contributed by atoms with Gasteiger partial charge in [-0.3, -0.25) is 4.79 Å². The van der Waals surface area contributed by atoms with Crippen molar-refractivity contribution in [1.29, 1.82) is 0 Å². The number of hydrogen-bond acceptors (Lipinski definition) is 5. The summed E-state index contributed by atoms with van der Waals surface area (Å²) in [6.07, 6.45) is 0. The number of nitrogen functional groups attached to an aromatic ring is 1. The van der Waals surface area contributed by atoms with Crippen LogP contribution in [0.1, 0.15) is 6.92 Å². The van der Waals surface area contributed by atoms with Crippen molar-refractivity contribution in [3.05, 3.63) is 42.5 Å². The molecule has 0 saturated carbocycles. The van der Waals surface area contributed by atoms with Crippen LogP contribution in [0.3, 0.4) is 0 Å². The smallest absolute Gasteiger partial charge is 0.221 e. The fourth-order valence-corrected chi connectivity index (χ4v) is 2.17. The Morgan fingerprint density at radius 3 is 2.86 bits per heavy atom. The summed E-state index contributed by atoms with van der Waals surface area (Å²) in [5.41, 5.74) is 8.65. The number of aliphatic imine (C=N–C) groups is 1. The maximum atomic E-state index is 11.1. The Labute approximate surface area is 128 Å². The number of nitrogens with two attached hydrogens (primary N) is 1. The number of anilines is 3. The standard InChI is InChI=1S/C16H16N4O2/c1-10(21)18-12-3-2-4-13(8-12)19-16-9-22-15-7-11(17)5-6-14(15)20-16/h2-8H,9,17H2,1H3,(H,18,21)(H,19,20). The molecule has 0 aromatic heterocycles. The molecule has 0 fully saturated rings. The number of nitrogens with zero attached hydrogens (tertiary/aromatic N) is 1. The Bertz CT molecular complexity index is 756. The molecule has 112 valence electrons. The molecule has 1 amide bonds. The van der Waals surface area contributed by atoms with Crippen LogP contribution in [0.4, 0.5) is 22.7 Å². The van der Waals surface area contributed by atoms with Crippen molar-refractivity contribution in [2.75, 3.05) is 23.0 Å². The van der Waals surface area contributed by atoms with E-state index in [4.69, 9.17) is 10.5 Å². The quantitative estimate of drug-likeness (QED) is 0.743. The van der Waals surface area contributed by atoms with E-state index in [0.717, 1.165) is 17.1 Å². The zero-order chi connectivity index (χ0) is 15.5. The highest BCUT2D eigenvalue weighted by Crippen LogP contribution is 2.32. The summed E-state index contributed by atoms with van der Waals surface area (Å²) in [5.74, 6) is 1.26. The van der Waals surface area contributed by atoms with Gasteiger partial charge in [0.2, 0.25) is 5.91 Å². The molecular formula is C16H16N4O2. The number of carbonyl (C=O) groups excluding carboxylic acids is 1. The molecule has 1 heterocycles. The van der Waals surface area contributed by atoms with Gasteiger partial charge in [-0.05, 0) is 30.3 Å². The first-order valence-electron chi connectivity index (χ1n) is 6.85. The minimum Gasteiger partial charge on any atom is -0.483 e. The zero-order valence-electron chi connectivity index (χ0n) is 12.1. The van der Waals surface area contributed by atoms with E-state index in [1.165, 1.54) is 6.92 Å². The van der Waals surface area contributed by atoms with Crippen LogP contribution in [0.25, 0.3) is 0 Å². The second-order valence-electron chi connectivity index (χ2n) is 4.96. The molecule has 6 nitrogen and oxygen atoms in total. The Kier molecular flexibility index (Phi) is 3.65. The molecule has 6 heteroatoms. The van der Waals surface area contributed by atoms with Crippen molar-refractivity contribution in [2.24, 2.45) is 4.99 Å². The molecule has 2 aromatic carbocycles. The van der Waals surface area contributed by atoms with E-state index < -0.39 is 0 Å². The molecule has 1 aliphatic rings. The molecule has 0 atom stereocenters. The van der Waals surface area contributed by atoms with E-state index >= 15 is 0 Å². The lowest BCUT2D eigenvalue weighted by Crippen LogP contribution is -2.23. The van der Waals surface area contributed by atoms with Crippen molar-refractivity contribution < 1.29 is 9.53 Å². The van der Waals surface area contributed by atoms with Crippen LogP contribution in [0.15, 0.2) is 47.5 Å². The lowest BCUT2D eigenvalue weighted by molar-refractivity contribution is -0.114. The third-order valence-corrected chi connectivity index (χ3v) is 3.08. The van der Waals surface area contributed by atoms with Crippen molar-refractivity contribution in [3.63, 3.8) is 0 Å². The van der Waals surface area contributed by atoms with Crippen molar-refractivity contribution >= 4 is 34.5 Å². The first-order chi connectivity index (χ1) is 10.6. The summed E-state index contributed by atoms with van der Waals surface area (Å²) in [6, 6.07) is 12.8. The lowest BCUT2D eigenvalue weighted by Gasteiger charge is -2.18. The third kappa shape index (κ3) is 3.17. The minimum absolute atomic E-state index is 0.109. The topological polar surface area (TPSA) is 88.7 Å². The molecule has 1 aliphatic heterocycles. The Morgan fingerprint density at radius 1 is 1.23 bits per heavy atom. The number of nitrogens with one attached hydrogen (secondary N) is 2. The molecule has 4 N–H and O–H groups in total. The van der Waals surface area contributed by atoms with Crippen LogP contribution in [-0.4, -0.2) is 18.3 Å². The predicted molar refractivity (Wildman–Crippen MR) is 87.8 cm³/mol. The highest BCUT2D eigenvalue weighted by atomic mass is 16.5. The van der Waals surface area contributed by atoms with Crippen molar-refractivity contribution in [3.8, 4) is 5.75 Å². The fraction of sp³-hybridized carbons (Fsp3) is 0.125. The van der Waals surface area contributed by atoms with Gasteiger partial charge in [0, 0.05) is 30.1 Å². The maximum Gasteiger partial charge on any atom is 0.221 e. The first kappa shape index (κ1) is 13.9. The summed E-state index contributed by atoms with van der Waals surface area (Å²) in [6.45, 7) is 1.81. The highest BCUT2D eigenvalue weighted by Gasteiger charge is 2.13. The molecule has 0 spiro atoms. The van der Waals surface area contributed by atoms with E-state index in [2.05, 4.69) is 15.6 Å². The Balaban J connectivity index is 1.79. The molecule has 3 rings (SSSR count). The lowest BCUT2D eigenvalue weighted by atomic mass is 10.2. The van der Waals surface area contributed by atoms with Gasteiger partial charge in [0.15, 0.2) is 0 Å². The molecule has 0 bridgehead atoms. The number of hydrogen-bond donors (Lipinski definition) is 3. The number of benzene rings is 2. The van der Waals surface area contributed by atoms with Crippen LogP contribution < -0.4 is 21.1 Å². The molecule has 0 aliphatic carbocycles. The van der Waals surface area contributed by atoms with Crippen LogP contribution in [0.5, 0.6) is 5.75 Å². The molecular weight excluding hydrogens is 280 g/mol. The molecule has 0 unspecified atom stereocenters. The van der Waals surface area contributed by atoms with Gasteiger partial charge < -0.3 is 21.1 Å². The van der Waals surface area contributed by atoms with E-state index in [9.17, 15) is 4.79 Å². The average Bonchev–Trinajstić information content (AvgIpc) is 2.47. The van der Waals surface area contributed by atoms with Crippen LogP contribution in [0.2, 0.25) is 0 Å². The van der Waals surface area contributed by atoms with Crippen LogP contribution in [0, 0.1) is 0 Å². The van der Waals surface area contributed by atoms with Crippen molar-refractivity contribution in [2.45, 2.75) is 6.92 Å². The van der Waals surface area contributed by atoms with Gasteiger partial charge in [0.25, 0.3) is 0 Å². The minimum atomic E-state index is -0.109. The number of carbonyl (C=O) groups is 1. The SMILES string of the molecule is CC(=O)Nc1cccc(NC2=Nc3ccc(N)cc3OC2)c1. The fourth-order valence-electron chi connectivity index (χ4n) is 2.17. The molecule has 2 aromatic rings. The van der Waals surface area contributed by atoms with Gasteiger partial charge in [-0.25, -0.2) is 4.99 Å². The van der Waals surface area contributed by atoms with Crippen LogP contribution in [-0.2, 0) is 4.79 Å². The van der Waals surface area contributed by atoms with Gasteiger partial charge in [-0.15, -0.1) is 0 Å². The Hall–Kier alpha value is -3.02. The average molecular weight is 296 g/mol. The summed E-state index contributed by atoms with van der Waals surface area (Å²) in [5, 5.41) is 5.93. The van der Waals surface area contributed by atoms with E-state index in [0.29, 0.717) is 23.9 Å². The van der Waals surface area contributed by atoms with Gasteiger partial charge in [0.05, 0.1) is 0 Å². The highest BCUT2D eigenvalue weighted by molar-refractivity contribution is 6.00. The Morgan fingerprint density at radius 2 is 2.05 bits per heavy atom. The second-order valence-corrected chi connectivity index (χ2v) is 4.96. The third-order valence-electron chi connectivity index (χ3n) is 3.08. The maximum absolute atomic E-state index is 11.1. The number of fused-ring (bicyclic) bond motifs is 1. The number of ether oxygens (including phenoxy) is 1. The molecule has 0 radical (unpaired) electrons. The normalized spacial score (nSPS) is 12.7. The van der Waals surface area contributed by atoms with E-state index in [1.54, 1.807) is 12.1 Å². The summed E-state index contributed by atoms with van der Waals surface area (Å²) < 4.78 is 5.64. The zero-order valence-corrected chi connectivity index (χ0v) is 12.1. The molecule has 0 saturated heterocycles. The monoisotopic (exact) mass is 296 g/mol. The van der Waals surface area contributed by atoms with Gasteiger partial charge in [-0.2, -0.15) is 0 Å². The van der Waals surface area contributed by atoms with E-state index in [1.807, 2.05) is 30.3 Å². The van der Waals surface area contributed by atoms with Crippen LogP contribution >= 0.6 is 0 Å². The van der Waals surface area contributed by atoms with Gasteiger partial charge in [0.1, 0.15) is 23.9 Å². The summed E-state index contributed by atoms with van der Waals surface area (Å²) in [7, 11) is 0. The molecule has 22 heavy (non-hydrogen) atoms. The largest absolute Gasteiger partial charge is 0.483 e. The number of amides is 1. The second kappa shape index (κ2) is 5.77. The first-order valence-corrected chi connectivity index (χ1v) is 6.85.